The number of nitrogens with one attached hydrogen (secondary N) is 1. The van der Waals surface area contributed by atoms with Crippen LogP contribution in [0.5, 0.6) is 0 Å². The lowest BCUT2D eigenvalue weighted by molar-refractivity contribution is -0.140. The number of carbonyl (C=O) groups excluding carboxylic acids is 1. The fraction of sp³-hybridized carbons (Fsp3) is 0.667. The molecule has 0 bridgehead atoms. The summed E-state index contributed by atoms with van der Waals surface area (Å²) >= 11 is 0. The van der Waals surface area contributed by atoms with Gasteiger partial charge < -0.3 is 15.2 Å². The Morgan fingerprint density at radius 3 is 2.41 bits per heavy atom. The number of hydrogen-bond donors (Lipinski definition) is 2. The van der Waals surface area contributed by atoms with Crippen LogP contribution in [0.15, 0.2) is 11.8 Å². The molecule has 17 heavy (non-hydrogen) atoms. The largest absolute Gasteiger partial charge is 0.480 e. The van der Waals surface area contributed by atoms with Gasteiger partial charge in [-0.25, -0.2) is 9.59 Å². The fourth-order valence-corrected chi connectivity index (χ4v) is 1.37. The molecule has 0 saturated carbocycles. The molecule has 0 rings (SSSR count). The lowest BCUT2D eigenvalue weighted by Gasteiger charge is -2.17. The highest BCUT2D eigenvalue weighted by molar-refractivity contribution is 5.82. The molecule has 98 valence electrons. The van der Waals surface area contributed by atoms with Gasteiger partial charge in [0.2, 0.25) is 0 Å². The number of hydrogen-bond acceptors (Lipinski definition) is 4. The summed E-state index contributed by atoms with van der Waals surface area (Å²) in [5, 5.41) is 11.8. The van der Waals surface area contributed by atoms with Gasteiger partial charge in [-0.05, 0) is 26.2 Å². The van der Waals surface area contributed by atoms with E-state index in [1.165, 1.54) is 6.08 Å². The van der Waals surface area contributed by atoms with Crippen molar-refractivity contribution in [1.82, 2.24) is 5.32 Å². The van der Waals surface area contributed by atoms with Gasteiger partial charge in [0.25, 0.3) is 0 Å². The summed E-state index contributed by atoms with van der Waals surface area (Å²) in [7, 11) is 0. The van der Waals surface area contributed by atoms with Gasteiger partial charge in [-0.1, -0.05) is 13.8 Å². The Kier molecular flexibility index (Phi) is 7.02. The Morgan fingerprint density at radius 2 is 2.00 bits per heavy atom. The van der Waals surface area contributed by atoms with E-state index < -0.39 is 18.0 Å². The van der Waals surface area contributed by atoms with E-state index in [1.807, 2.05) is 13.8 Å². The van der Waals surface area contributed by atoms with Crippen LogP contribution < -0.4 is 5.32 Å². The zero-order valence-electron chi connectivity index (χ0n) is 10.8. The molecule has 0 amide bonds. The lowest BCUT2D eigenvalue weighted by Crippen LogP contribution is -2.36. The number of esters is 1. The Hall–Kier alpha value is -1.52. The molecule has 0 aliphatic carbocycles. The van der Waals surface area contributed by atoms with Crippen LogP contribution in [0.4, 0.5) is 0 Å². The summed E-state index contributed by atoms with van der Waals surface area (Å²) in [4.78, 5) is 22.1. The molecule has 0 aromatic heterocycles. The van der Waals surface area contributed by atoms with Gasteiger partial charge in [-0.2, -0.15) is 0 Å². The normalized spacial score (nSPS) is 13.4. The van der Waals surface area contributed by atoms with Crippen LogP contribution in [0.25, 0.3) is 0 Å². The van der Waals surface area contributed by atoms with Gasteiger partial charge in [0.05, 0.1) is 6.61 Å². The van der Waals surface area contributed by atoms with Gasteiger partial charge in [0, 0.05) is 11.8 Å². The minimum Gasteiger partial charge on any atom is -0.480 e. The number of aliphatic carboxylic acids is 1. The van der Waals surface area contributed by atoms with E-state index in [2.05, 4.69) is 5.32 Å². The van der Waals surface area contributed by atoms with Crippen molar-refractivity contribution >= 4 is 11.9 Å². The standard InChI is InChI=1S/C12H21NO4/c1-5-17-11(14)7-9(4)13-10(12(15)16)6-8(2)3/h7-8,10,13H,5-6H2,1-4H3,(H,15,16)/t10-/m0/s1. The Balaban J connectivity index is 4.44. The second-order valence-corrected chi connectivity index (χ2v) is 4.24. The number of ether oxygens (including phenoxy) is 1. The average Bonchev–Trinajstić information content (AvgIpc) is 2.15. The first-order valence-electron chi connectivity index (χ1n) is 5.71. The minimum atomic E-state index is -0.921. The summed E-state index contributed by atoms with van der Waals surface area (Å²) in [6.07, 6.45) is 1.77. The molecule has 0 saturated heterocycles. The van der Waals surface area contributed by atoms with Crippen molar-refractivity contribution in [3.05, 3.63) is 11.8 Å². The third kappa shape index (κ3) is 7.38. The van der Waals surface area contributed by atoms with Gasteiger partial charge in [-0.15, -0.1) is 0 Å². The molecule has 0 aromatic rings. The van der Waals surface area contributed by atoms with Crippen molar-refractivity contribution in [1.29, 1.82) is 0 Å². The van der Waals surface area contributed by atoms with Crippen LogP contribution in [0.3, 0.4) is 0 Å². The fourth-order valence-electron chi connectivity index (χ4n) is 1.37. The maximum Gasteiger partial charge on any atom is 0.332 e. The summed E-state index contributed by atoms with van der Waals surface area (Å²) in [6.45, 7) is 7.56. The molecule has 1 atom stereocenters. The van der Waals surface area contributed by atoms with Crippen LogP contribution in [0.2, 0.25) is 0 Å². The molecule has 0 aliphatic heterocycles. The average molecular weight is 243 g/mol. The van der Waals surface area contributed by atoms with Crippen molar-refractivity contribution in [2.45, 2.75) is 40.2 Å². The number of carboxylic acid groups (broad SMARTS) is 1. The van der Waals surface area contributed by atoms with Gasteiger partial charge in [0.1, 0.15) is 6.04 Å². The highest BCUT2D eigenvalue weighted by Crippen LogP contribution is 2.06. The van der Waals surface area contributed by atoms with Crippen molar-refractivity contribution in [3.63, 3.8) is 0 Å². The molecule has 0 fully saturated rings. The number of carboxylic acids is 1. The predicted octanol–water partition coefficient (Wildman–Crippen LogP) is 1.54. The zero-order chi connectivity index (χ0) is 13.4. The third-order valence-electron chi connectivity index (χ3n) is 2.03. The van der Waals surface area contributed by atoms with Crippen molar-refractivity contribution in [2.75, 3.05) is 6.61 Å². The Labute approximate surface area is 102 Å². The van der Waals surface area contributed by atoms with Crippen LogP contribution in [0.1, 0.15) is 34.1 Å². The molecule has 2 N–H and O–H groups in total. The Morgan fingerprint density at radius 1 is 1.41 bits per heavy atom. The molecule has 0 heterocycles. The number of allylic oxidation sites excluding steroid dienone is 1. The molecule has 0 spiro atoms. The van der Waals surface area contributed by atoms with E-state index in [-0.39, 0.29) is 5.92 Å². The SMILES string of the molecule is CCOC(=O)C=C(C)N[C@@H](CC(C)C)C(=O)O. The van der Waals surface area contributed by atoms with Gasteiger partial charge in [0.15, 0.2) is 0 Å². The van der Waals surface area contributed by atoms with Crippen molar-refractivity contribution in [3.8, 4) is 0 Å². The molecule has 5 nitrogen and oxygen atoms in total. The van der Waals surface area contributed by atoms with E-state index in [0.717, 1.165) is 0 Å². The first kappa shape index (κ1) is 15.5. The molecule has 0 unspecified atom stereocenters. The summed E-state index contributed by atoms with van der Waals surface area (Å²) in [6, 6.07) is -0.680. The van der Waals surface area contributed by atoms with E-state index in [9.17, 15) is 9.59 Å². The first-order valence-corrected chi connectivity index (χ1v) is 5.71. The molecule has 5 heteroatoms. The molecular formula is C12H21NO4. The van der Waals surface area contributed by atoms with E-state index in [0.29, 0.717) is 18.7 Å². The quantitative estimate of drug-likeness (QED) is 0.524. The van der Waals surface area contributed by atoms with Gasteiger partial charge in [-0.3, -0.25) is 0 Å². The first-order chi connectivity index (χ1) is 7.86. The van der Waals surface area contributed by atoms with Crippen molar-refractivity contribution in [2.24, 2.45) is 5.92 Å². The zero-order valence-corrected chi connectivity index (χ0v) is 10.8. The Bertz CT molecular complexity index is 297. The minimum absolute atomic E-state index is 0.263. The summed E-state index contributed by atoms with van der Waals surface area (Å²) < 4.78 is 4.73. The van der Waals surface area contributed by atoms with E-state index in [1.54, 1.807) is 13.8 Å². The lowest BCUT2D eigenvalue weighted by atomic mass is 10.0. The van der Waals surface area contributed by atoms with Crippen molar-refractivity contribution < 1.29 is 19.4 Å². The maximum atomic E-state index is 11.1. The number of rotatable bonds is 7. The third-order valence-corrected chi connectivity index (χ3v) is 2.03. The second-order valence-electron chi connectivity index (χ2n) is 4.24. The molecule has 0 radical (unpaired) electrons. The highest BCUT2D eigenvalue weighted by atomic mass is 16.5. The summed E-state index contributed by atoms with van der Waals surface area (Å²) in [5.41, 5.74) is 0.497. The molecule has 0 aromatic carbocycles. The van der Waals surface area contributed by atoms with Gasteiger partial charge >= 0.3 is 11.9 Å². The van der Waals surface area contributed by atoms with E-state index in [4.69, 9.17) is 9.84 Å². The van der Waals surface area contributed by atoms with E-state index >= 15 is 0 Å². The summed E-state index contributed by atoms with van der Waals surface area (Å²) in [5.74, 6) is -1.12. The maximum absolute atomic E-state index is 11.1. The second kappa shape index (κ2) is 7.70. The van der Waals surface area contributed by atoms with Crippen LogP contribution >= 0.6 is 0 Å². The molecular weight excluding hydrogens is 222 g/mol. The smallest absolute Gasteiger partial charge is 0.332 e. The number of carbonyl (C=O) groups is 2. The predicted molar refractivity (Wildman–Crippen MR) is 64.4 cm³/mol. The van der Waals surface area contributed by atoms with Crippen LogP contribution in [-0.4, -0.2) is 29.7 Å². The monoisotopic (exact) mass is 243 g/mol. The highest BCUT2D eigenvalue weighted by Gasteiger charge is 2.18. The topological polar surface area (TPSA) is 75.6 Å². The molecule has 0 aliphatic rings. The van der Waals surface area contributed by atoms with Crippen LogP contribution in [0, 0.1) is 5.92 Å². The van der Waals surface area contributed by atoms with Crippen LogP contribution in [-0.2, 0) is 14.3 Å².